The van der Waals surface area contributed by atoms with Crippen LogP contribution in [0, 0.1) is 0 Å². The molecule has 0 spiro atoms. The van der Waals surface area contributed by atoms with E-state index in [0.717, 1.165) is 42.5 Å². The molecule has 0 atom stereocenters. The molecule has 0 bridgehead atoms. The molecule has 3 rings (SSSR count). The largest absolute Gasteiger partial charge is 0.486 e. The van der Waals surface area contributed by atoms with Crippen molar-refractivity contribution in [1.82, 2.24) is 14.9 Å². The molecule has 1 aliphatic rings. The van der Waals surface area contributed by atoms with Crippen LogP contribution < -0.4 is 10.1 Å². The summed E-state index contributed by atoms with van der Waals surface area (Å²) in [5.41, 5.74) is 1.07. The molecule has 2 heterocycles. The first-order valence-electron chi connectivity index (χ1n) is 6.81. The summed E-state index contributed by atoms with van der Waals surface area (Å²) >= 11 is 0. The normalized spacial score (nSPS) is 14.6. The highest BCUT2D eigenvalue weighted by Crippen LogP contribution is 2.15. The van der Waals surface area contributed by atoms with E-state index in [1.807, 2.05) is 42.1 Å². The second-order valence-electron chi connectivity index (χ2n) is 4.78. The minimum absolute atomic E-state index is 0.465. The molecule has 1 aromatic carbocycles. The molecular weight excluding hydrogens is 252 g/mol. The highest BCUT2D eigenvalue weighted by Gasteiger charge is 2.08. The first kappa shape index (κ1) is 12.7. The second-order valence-corrected chi connectivity index (χ2v) is 4.78. The van der Waals surface area contributed by atoms with Crippen LogP contribution in [-0.4, -0.2) is 28.5 Å². The van der Waals surface area contributed by atoms with Gasteiger partial charge in [0.2, 0.25) is 0 Å². The van der Waals surface area contributed by atoms with Crippen LogP contribution in [0.4, 0.5) is 0 Å². The number of aryl methyl sites for hydroxylation is 1. The number of nitrogens with zero attached hydrogens (tertiary/aromatic N) is 3. The zero-order valence-corrected chi connectivity index (χ0v) is 11.5. The van der Waals surface area contributed by atoms with E-state index in [1.165, 1.54) is 0 Å². The van der Waals surface area contributed by atoms with E-state index < -0.39 is 0 Å². The van der Waals surface area contributed by atoms with Crippen molar-refractivity contribution in [2.45, 2.75) is 13.0 Å². The van der Waals surface area contributed by atoms with Crippen molar-refractivity contribution < 1.29 is 4.74 Å². The first-order chi connectivity index (χ1) is 9.83. The van der Waals surface area contributed by atoms with Crippen molar-refractivity contribution >= 4 is 5.84 Å². The fraction of sp³-hybridized carbons (Fsp3) is 0.333. The third-order valence-electron chi connectivity index (χ3n) is 3.29. The lowest BCUT2D eigenvalue weighted by atomic mass is 10.1. The van der Waals surface area contributed by atoms with Crippen LogP contribution in [0.15, 0.2) is 41.7 Å². The standard InChI is InChI=1S/C15H18N4O/c1-19-9-8-16-14(19)11-20-13-5-2-4-12(10-13)15-17-6-3-7-18-15/h2,4-5,8-10H,3,6-7,11H2,1H3,(H,17,18). The van der Waals surface area contributed by atoms with Crippen molar-refractivity contribution in [1.29, 1.82) is 0 Å². The van der Waals surface area contributed by atoms with Gasteiger partial charge >= 0.3 is 0 Å². The van der Waals surface area contributed by atoms with Crippen LogP contribution in [-0.2, 0) is 13.7 Å². The van der Waals surface area contributed by atoms with E-state index >= 15 is 0 Å². The number of aliphatic imine (C=N–C) groups is 1. The fourth-order valence-electron chi connectivity index (χ4n) is 2.14. The van der Waals surface area contributed by atoms with Crippen molar-refractivity contribution in [3.63, 3.8) is 0 Å². The van der Waals surface area contributed by atoms with Gasteiger partial charge in [0.1, 0.15) is 24.0 Å². The average Bonchev–Trinajstić information content (AvgIpc) is 2.92. The predicted molar refractivity (Wildman–Crippen MR) is 78.0 cm³/mol. The van der Waals surface area contributed by atoms with E-state index in [9.17, 15) is 0 Å². The number of nitrogens with one attached hydrogen (secondary N) is 1. The summed E-state index contributed by atoms with van der Waals surface area (Å²) < 4.78 is 7.75. The Labute approximate surface area is 118 Å². The number of rotatable bonds is 4. The number of aromatic nitrogens is 2. The average molecular weight is 270 g/mol. The molecule has 1 aliphatic heterocycles. The Kier molecular flexibility index (Phi) is 3.67. The van der Waals surface area contributed by atoms with Crippen LogP contribution in [0.2, 0.25) is 0 Å². The van der Waals surface area contributed by atoms with Gasteiger partial charge in [-0.05, 0) is 18.6 Å². The molecule has 1 N–H and O–H groups in total. The van der Waals surface area contributed by atoms with E-state index in [0.29, 0.717) is 6.61 Å². The van der Waals surface area contributed by atoms with Gasteiger partial charge in [0.05, 0.1) is 0 Å². The van der Waals surface area contributed by atoms with Crippen molar-refractivity contribution in [3.05, 3.63) is 48.0 Å². The lowest BCUT2D eigenvalue weighted by Crippen LogP contribution is -2.30. The maximum absolute atomic E-state index is 5.80. The summed E-state index contributed by atoms with van der Waals surface area (Å²) in [6.07, 6.45) is 4.78. The summed E-state index contributed by atoms with van der Waals surface area (Å²) in [5.74, 6) is 2.70. The van der Waals surface area contributed by atoms with Crippen LogP contribution in [0.5, 0.6) is 5.75 Å². The van der Waals surface area contributed by atoms with Gasteiger partial charge in [-0.25, -0.2) is 4.98 Å². The van der Waals surface area contributed by atoms with Gasteiger partial charge in [0.15, 0.2) is 0 Å². The summed E-state index contributed by atoms with van der Waals surface area (Å²) in [5, 5.41) is 3.32. The molecular formula is C15H18N4O. The smallest absolute Gasteiger partial charge is 0.146 e. The summed E-state index contributed by atoms with van der Waals surface area (Å²) in [6.45, 7) is 2.34. The van der Waals surface area contributed by atoms with Crippen LogP contribution >= 0.6 is 0 Å². The maximum Gasteiger partial charge on any atom is 0.146 e. The Balaban J connectivity index is 1.71. The minimum atomic E-state index is 0.465. The van der Waals surface area contributed by atoms with Crippen LogP contribution in [0.3, 0.4) is 0 Å². The Bertz CT molecular complexity index is 618. The number of hydrogen-bond donors (Lipinski definition) is 1. The van der Waals surface area contributed by atoms with Crippen molar-refractivity contribution in [3.8, 4) is 5.75 Å². The SMILES string of the molecule is Cn1ccnc1COc1cccc(C2=NCCCN2)c1. The summed E-state index contributed by atoms with van der Waals surface area (Å²) in [7, 11) is 1.96. The monoisotopic (exact) mass is 270 g/mol. The Morgan fingerprint density at radius 1 is 1.40 bits per heavy atom. The van der Waals surface area contributed by atoms with Gasteiger partial charge in [-0.2, -0.15) is 0 Å². The van der Waals surface area contributed by atoms with E-state index in [-0.39, 0.29) is 0 Å². The van der Waals surface area contributed by atoms with Gasteiger partial charge in [-0.1, -0.05) is 12.1 Å². The summed E-state index contributed by atoms with van der Waals surface area (Å²) in [6, 6.07) is 8.00. The third kappa shape index (κ3) is 2.82. The molecule has 5 heteroatoms. The van der Waals surface area contributed by atoms with Crippen LogP contribution in [0.25, 0.3) is 0 Å². The van der Waals surface area contributed by atoms with E-state index in [1.54, 1.807) is 6.20 Å². The molecule has 20 heavy (non-hydrogen) atoms. The molecule has 5 nitrogen and oxygen atoms in total. The maximum atomic E-state index is 5.80. The lowest BCUT2D eigenvalue weighted by molar-refractivity contribution is 0.292. The van der Waals surface area contributed by atoms with Gasteiger partial charge < -0.3 is 14.6 Å². The number of hydrogen-bond acceptors (Lipinski definition) is 4. The fourth-order valence-corrected chi connectivity index (χ4v) is 2.14. The molecule has 0 amide bonds. The zero-order valence-electron chi connectivity index (χ0n) is 11.5. The number of imidazole rings is 1. The summed E-state index contributed by atoms with van der Waals surface area (Å²) in [4.78, 5) is 8.74. The van der Waals surface area contributed by atoms with E-state index in [4.69, 9.17) is 4.74 Å². The molecule has 1 aromatic heterocycles. The third-order valence-corrected chi connectivity index (χ3v) is 3.29. The van der Waals surface area contributed by atoms with E-state index in [2.05, 4.69) is 15.3 Å². The molecule has 0 saturated carbocycles. The van der Waals surface area contributed by atoms with Gasteiger partial charge in [0, 0.05) is 38.1 Å². The molecule has 0 saturated heterocycles. The Morgan fingerprint density at radius 2 is 2.35 bits per heavy atom. The molecule has 0 aliphatic carbocycles. The van der Waals surface area contributed by atoms with Crippen molar-refractivity contribution in [2.75, 3.05) is 13.1 Å². The Morgan fingerprint density at radius 3 is 3.10 bits per heavy atom. The highest BCUT2D eigenvalue weighted by atomic mass is 16.5. The quantitative estimate of drug-likeness (QED) is 0.920. The molecule has 0 radical (unpaired) electrons. The predicted octanol–water partition coefficient (Wildman–Crippen LogP) is 1.74. The molecule has 0 fully saturated rings. The van der Waals surface area contributed by atoms with Gasteiger partial charge in [-0.3, -0.25) is 4.99 Å². The molecule has 104 valence electrons. The van der Waals surface area contributed by atoms with Gasteiger partial charge in [-0.15, -0.1) is 0 Å². The first-order valence-corrected chi connectivity index (χ1v) is 6.81. The van der Waals surface area contributed by atoms with Gasteiger partial charge in [0.25, 0.3) is 0 Å². The van der Waals surface area contributed by atoms with Crippen molar-refractivity contribution in [2.24, 2.45) is 12.0 Å². The molecule has 2 aromatic rings. The number of ether oxygens (including phenoxy) is 1. The highest BCUT2D eigenvalue weighted by molar-refractivity contribution is 5.99. The topological polar surface area (TPSA) is 51.4 Å². The minimum Gasteiger partial charge on any atom is -0.486 e. The Hall–Kier alpha value is -2.30. The zero-order chi connectivity index (χ0) is 13.8. The second kappa shape index (κ2) is 5.77. The number of benzene rings is 1. The lowest BCUT2D eigenvalue weighted by Gasteiger charge is -2.15. The molecule has 0 unspecified atom stereocenters. The number of amidine groups is 1. The van der Waals surface area contributed by atoms with Crippen LogP contribution in [0.1, 0.15) is 17.8 Å².